The van der Waals surface area contributed by atoms with E-state index in [9.17, 15) is 14.7 Å². The summed E-state index contributed by atoms with van der Waals surface area (Å²) in [5.74, 6) is -1.21. The number of hydrogen-bond donors (Lipinski definition) is 2. The van der Waals surface area contributed by atoms with Gasteiger partial charge in [0.15, 0.2) is 6.10 Å². The number of benzene rings is 1. The van der Waals surface area contributed by atoms with E-state index in [1.165, 1.54) is 0 Å². The number of aliphatic carboxylic acids is 1. The van der Waals surface area contributed by atoms with Crippen LogP contribution in [0.3, 0.4) is 0 Å². The molecule has 0 bridgehead atoms. The Bertz CT molecular complexity index is 525. The van der Waals surface area contributed by atoms with E-state index < -0.39 is 29.4 Å². The molecule has 0 fully saturated rings. The highest BCUT2D eigenvalue weighted by Gasteiger charge is 2.34. The lowest BCUT2D eigenvalue weighted by molar-refractivity contribution is -0.146. The van der Waals surface area contributed by atoms with Gasteiger partial charge in [0.25, 0.3) is 5.91 Å². The summed E-state index contributed by atoms with van der Waals surface area (Å²) in [7, 11) is 0. The molecule has 2 unspecified atom stereocenters. The summed E-state index contributed by atoms with van der Waals surface area (Å²) in [6.45, 7) is 6.77. The molecule has 0 aliphatic rings. The number of amides is 1. The van der Waals surface area contributed by atoms with Gasteiger partial charge < -0.3 is 15.2 Å². The molecule has 6 heteroatoms. The number of halogens is 1. The molecule has 116 valence electrons. The standard InChI is InChI=1S/C15H20ClNO4/c1-9(21-11-8-6-5-7-10(11)16)13(18)17-12(14(19)20)15(2,3)4/h5-9,12H,1-4H3,(H,17,18)(H,19,20). The molecular formula is C15H20ClNO4. The first-order valence-electron chi connectivity index (χ1n) is 6.57. The molecule has 0 spiro atoms. The molecule has 0 heterocycles. The SMILES string of the molecule is CC(Oc1ccccc1Cl)C(=O)NC(C(=O)O)C(C)(C)C. The third-order valence-electron chi connectivity index (χ3n) is 2.91. The monoisotopic (exact) mass is 313 g/mol. The fourth-order valence-corrected chi connectivity index (χ4v) is 1.87. The molecule has 0 saturated heterocycles. The van der Waals surface area contributed by atoms with Gasteiger partial charge in [-0.25, -0.2) is 4.79 Å². The van der Waals surface area contributed by atoms with Crippen LogP contribution in [0.15, 0.2) is 24.3 Å². The lowest BCUT2D eigenvalue weighted by Crippen LogP contribution is -2.52. The average molecular weight is 314 g/mol. The molecule has 1 aromatic rings. The van der Waals surface area contributed by atoms with E-state index in [1.54, 1.807) is 52.0 Å². The zero-order chi connectivity index (χ0) is 16.2. The van der Waals surface area contributed by atoms with Crippen LogP contribution in [0.25, 0.3) is 0 Å². The van der Waals surface area contributed by atoms with E-state index in [2.05, 4.69) is 5.32 Å². The second kappa shape index (κ2) is 6.80. The first-order valence-corrected chi connectivity index (χ1v) is 6.95. The van der Waals surface area contributed by atoms with Crippen molar-refractivity contribution < 1.29 is 19.4 Å². The Labute approximate surface area is 129 Å². The third-order valence-corrected chi connectivity index (χ3v) is 3.22. The zero-order valence-corrected chi connectivity index (χ0v) is 13.3. The van der Waals surface area contributed by atoms with E-state index in [-0.39, 0.29) is 0 Å². The third kappa shape index (κ3) is 4.93. The summed E-state index contributed by atoms with van der Waals surface area (Å²) >= 11 is 5.95. The van der Waals surface area contributed by atoms with Crippen molar-refractivity contribution in [2.45, 2.75) is 39.8 Å². The van der Waals surface area contributed by atoms with Gasteiger partial charge in [0.2, 0.25) is 0 Å². The summed E-state index contributed by atoms with van der Waals surface area (Å²) in [6.07, 6.45) is -0.853. The Morgan fingerprint density at radius 3 is 2.33 bits per heavy atom. The molecule has 0 aliphatic carbocycles. The summed E-state index contributed by atoms with van der Waals surface area (Å²) in [4.78, 5) is 23.3. The molecule has 1 amide bonds. The molecular weight excluding hydrogens is 294 g/mol. The largest absolute Gasteiger partial charge is 0.480 e. The van der Waals surface area contributed by atoms with Gasteiger partial charge in [-0.3, -0.25) is 4.79 Å². The zero-order valence-electron chi connectivity index (χ0n) is 12.5. The quantitative estimate of drug-likeness (QED) is 0.876. The van der Waals surface area contributed by atoms with Gasteiger partial charge in [-0.2, -0.15) is 0 Å². The maximum Gasteiger partial charge on any atom is 0.326 e. The molecule has 0 aromatic heterocycles. The van der Waals surface area contributed by atoms with E-state index >= 15 is 0 Å². The van der Waals surface area contributed by atoms with Crippen LogP contribution in [0.5, 0.6) is 5.75 Å². The predicted octanol–water partition coefficient (Wildman–Crippen LogP) is 2.72. The van der Waals surface area contributed by atoms with Crippen molar-refractivity contribution in [2.75, 3.05) is 0 Å². The average Bonchev–Trinajstić information content (AvgIpc) is 2.36. The molecule has 5 nitrogen and oxygen atoms in total. The number of carboxylic acid groups (broad SMARTS) is 1. The Morgan fingerprint density at radius 2 is 1.86 bits per heavy atom. The smallest absolute Gasteiger partial charge is 0.326 e. The highest BCUT2D eigenvalue weighted by molar-refractivity contribution is 6.32. The van der Waals surface area contributed by atoms with Crippen molar-refractivity contribution in [3.63, 3.8) is 0 Å². The van der Waals surface area contributed by atoms with Crippen molar-refractivity contribution in [2.24, 2.45) is 5.41 Å². The van der Waals surface area contributed by atoms with Crippen molar-refractivity contribution in [3.05, 3.63) is 29.3 Å². The van der Waals surface area contributed by atoms with Crippen LogP contribution in [0.2, 0.25) is 5.02 Å². The van der Waals surface area contributed by atoms with Crippen molar-refractivity contribution in [1.29, 1.82) is 0 Å². The Balaban J connectivity index is 2.75. The number of para-hydroxylation sites is 1. The van der Waals surface area contributed by atoms with Gasteiger partial charge in [0.05, 0.1) is 5.02 Å². The first kappa shape index (κ1) is 17.3. The van der Waals surface area contributed by atoms with Crippen LogP contribution in [0, 0.1) is 5.41 Å². The maximum absolute atomic E-state index is 12.1. The van der Waals surface area contributed by atoms with Crippen LogP contribution in [0.1, 0.15) is 27.7 Å². The number of ether oxygens (including phenoxy) is 1. The van der Waals surface area contributed by atoms with Crippen molar-refractivity contribution >= 4 is 23.5 Å². The minimum Gasteiger partial charge on any atom is -0.480 e. The summed E-state index contributed by atoms with van der Waals surface area (Å²) in [5.41, 5.74) is -0.606. The number of rotatable bonds is 5. The fourth-order valence-electron chi connectivity index (χ4n) is 1.69. The van der Waals surface area contributed by atoms with Crippen molar-refractivity contribution in [3.8, 4) is 5.75 Å². The van der Waals surface area contributed by atoms with Crippen LogP contribution >= 0.6 is 11.6 Å². The van der Waals surface area contributed by atoms with Gasteiger partial charge >= 0.3 is 5.97 Å². The van der Waals surface area contributed by atoms with Crippen LogP contribution in [0.4, 0.5) is 0 Å². The summed E-state index contributed by atoms with van der Waals surface area (Å²) in [5, 5.41) is 12.1. The second-order valence-corrected chi connectivity index (χ2v) is 6.24. The van der Waals surface area contributed by atoms with E-state index in [1.807, 2.05) is 0 Å². The maximum atomic E-state index is 12.1. The molecule has 2 N–H and O–H groups in total. The Kier molecular flexibility index (Phi) is 5.61. The summed E-state index contributed by atoms with van der Waals surface area (Å²) < 4.78 is 5.46. The Hall–Kier alpha value is -1.75. The highest BCUT2D eigenvalue weighted by Crippen LogP contribution is 2.24. The molecule has 0 radical (unpaired) electrons. The van der Waals surface area contributed by atoms with Gasteiger partial charge in [-0.15, -0.1) is 0 Å². The summed E-state index contributed by atoms with van der Waals surface area (Å²) in [6, 6.07) is 5.78. The molecule has 0 saturated carbocycles. The number of carbonyl (C=O) groups is 2. The number of carbonyl (C=O) groups excluding carboxylic acids is 1. The van der Waals surface area contributed by atoms with Gasteiger partial charge in [0.1, 0.15) is 11.8 Å². The molecule has 0 aliphatic heterocycles. The van der Waals surface area contributed by atoms with Gasteiger partial charge in [-0.05, 0) is 24.5 Å². The molecule has 1 rings (SSSR count). The fraction of sp³-hybridized carbons (Fsp3) is 0.467. The number of carboxylic acids is 1. The lowest BCUT2D eigenvalue weighted by Gasteiger charge is -2.28. The van der Waals surface area contributed by atoms with E-state index in [0.29, 0.717) is 10.8 Å². The molecule has 1 aromatic carbocycles. The predicted molar refractivity (Wildman–Crippen MR) is 80.6 cm³/mol. The van der Waals surface area contributed by atoms with Crippen LogP contribution in [-0.4, -0.2) is 29.1 Å². The number of hydrogen-bond acceptors (Lipinski definition) is 3. The van der Waals surface area contributed by atoms with E-state index in [0.717, 1.165) is 0 Å². The molecule has 21 heavy (non-hydrogen) atoms. The van der Waals surface area contributed by atoms with Crippen LogP contribution < -0.4 is 10.1 Å². The highest BCUT2D eigenvalue weighted by atomic mass is 35.5. The first-order chi connectivity index (χ1) is 9.62. The minimum absolute atomic E-state index is 0.379. The Morgan fingerprint density at radius 1 is 1.29 bits per heavy atom. The van der Waals surface area contributed by atoms with E-state index in [4.69, 9.17) is 16.3 Å². The van der Waals surface area contributed by atoms with Crippen LogP contribution in [-0.2, 0) is 9.59 Å². The second-order valence-electron chi connectivity index (χ2n) is 5.84. The molecule has 2 atom stereocenters. The lowest BCUT2D eigenvalue weighted by atomic mass is 9.86. The van der Waals surface area contributed by atoms with Crippen molar-refractivity contribution in [1.82, 2.24) is 5.32 Å². The normalized spacial score (nSPS) is 14.1. The number of nitrogens with one attached hydrogen (secondary N) is 1. The minimum atomic E-state index is -1.08. The topological polar surface area (TPSA) is 75.6 Å². The van der Waals surface area contributed by atoms with Gasteiger partial charge in [0, 0.05) is 0 Å². The van der Waals surface area contributed by atoms with Gasteiger partial charge in [-0.1, -0.05) is 44.5 Å².